The molecule has 0 aliphatic carbocycles. The number of aromatic nitrogens is 2. The van der Waals surface area contributed by atoms with Crippen LogP contribution in [0, 0.1) is 6.92 Å². The van der Waals surface area contributed by atoms with E-state index in [0.717, 1.165) is 11.5 Å². The number of ether oxygens (including phenoxy) is 1. The Morgan fingerprint density at radius 1 is 1.45 bits per heavy atom. The van der Waals surface area contributed by atoms with E-state index < -0.39 is 9.84 Å². The highest BCUT2D eigenvalue weighted by molar-refractivity contribution is 7.91. The molecule has 1 aromatic rings. The van der Waals surface area contributed by atoms with Gasteiger partial charge in [0, 0.05) is 38.0 Å². The van der Waals surface area contributed by atoms with Gasteiger partial charge in [0.25, 0.3) is 0 Å². The highest BCUT2D eigenvalue weighted by Gasteiger charge is 2.33. The maximum Gasteiger partial charge on any atom is 0.227 e. The lowest BCUT2D eigenvalue weighted by atomic mass is 10.2. The molecule has 1 saturated heterocycles. The van der Waals surface area contributed by atoms with Crippen LogP contribution in [0.25, 0.3) is 0 Å². The molecule has 1 fully saturated rings. The monoisotopic (exact) mass is 328 g/mol. The minimum Gasteiger partial charge on any atom is -0.383 e. The summed E-state index contributed by atoms with van der Waals surface area (Å²) < 4.78 is 28.4. The Balaban J connectivity index is 2.18. The Bertz CT molecular complexity index is 606. The second-order valence-corrected chi connectivity index (χ2v) is 7.69. The first kappa shape index (κ1) is 17.0. The van der Waals surface area contributed by atoms with E-state index in [1.807, 2.05) is 24.8 Å². The molecular weight excluding hydrogens is 304 g/mol. The van der Waals surface area contributed by atoms with E-state index in [4.69, 9.17) is 4.74 Å². The van der Waals surface area contributed by atoms with Gasteiger partial charge in [0.15, 0.2) is 9.84 Å². The standard InChI is InChI=1S/C14H24N4O3S/c1-4-18(12-5-8-22(19,20)10-12)14-16-11(2)9-13(17-14)15-6-7-21-3/h9,12H,4-8,10H2,1-3H3,(H,15,16,17). The van der Waals surface area contributed by atoms with Crippen molar-refractivity contribution >= 4 is 21.6 Å². The van der Waals surface area contributed by atoms with E-state index in [-0.39, 0.29) is 17.5 Å². The predicted molar refractivity (Wildman–Crippen MR) is 87.2 cm³/mol. The lowest BCUT2D eigenvalue weighted by molar-refractivity contribution is 0.210. The Morgan fingerprint density at radius 2 is 2.23 bits per heavy atom. The minimum atomic E-state index is -2.93. The highest BCUT2D eigenvalue weighted by atomic mass is 32.2. The summed E-state index contributed by atoms with van der Waals surface area (Å²) in [6.45, 7) is 5.84. The lowest BCUT2D eigenvalue weighted by Gasteiger charge is -2.27. The molecule has 1 aliphatic rings. The molecule has 1 N–H and O–H groups in total. The zero-order chi connectivity index (χ0) is 16.2. The molecule has 0 saturated carbocycles. The van der Waals surface area contributed by atoms with Gasteiger partial charge < -0.3 is 15.0 Å². The molecule has 0 radical (unpaired) electrons. The second kappa shape index (κ2) is 7.23. The van der Waals surface area contributed by atoms with Crippen molar-refractivity contribution in [1.82, 2.24) is 9.97 Å². The van der Waals surface area contributed by atoms with Gasteiger partial charge in [-0.05, 0) is 20.3 Å². The number of hydrogen-bond donors (Lipinski definition) is 1. The number of rotatable bonds is 7. The molecule has 22 heavy (non-hydrogen) atoms. The third kappa shape index (κ3) is 4.30. The molecule has 0 aromatic carbocycles. The highest BCUT2D eigenvalue weighted by Crippen LogP contribution is 2.23. The van der Waals surface area contributed by atoms with E-state index in [2.05, 4.69) is 15.3 Å². The average Bonchev–Trinajstić information content (AvgIpc) is 2.79. The zero-order valence-corrected chi connectivity index (χ0v) is 14.2. The van der Waals surface area contributed by atoms with Gasteiger partial charge in [-0.1, -0.05) is 0 Å². The zero-order valence-electron chi connectivity index (χ0n) is 13.4. The number of hydrogen-bond acceptors (Lipinski definition) is 7. The largest absolute Gasteiger partial charge is 0.383 e. The number of methoxy groups -OCH3 is 1. The van der Waals surface area contributed by atoms with Crippen molar-refractivity contribution in [2.75, 3.05) is 48.5 Å². The van der Waals surface area contributed by atoms with Crippen LogP contribution in [0.3, 0.4) is 0 Å². The first-order valence-corrected chi connectivity index (χ1v) is 9.33. The van der Waals surface area contributed by atoms with Crippen LogP contribution in [-0.2, 0) is 14.6 Å². The SMILES string of the molecule is CCN(c1nc(C)cc(NCCOC)n1)C1CCS(=O)(=O)C1. The fourth-order valence-corrected chi connectivity index (χ4v) is 4.37. The van der Waals surface area contributed by atoms with E-state index in [1.165, 1.54) is 0 Å². The van der Waals surface area contributed by atoms with Crippen molar-refractivity contribution < 1.29 is 13.2 Å². The van der Waals surface area contributed by atoms with Crippen LogP contribution in [0.2, 0.25) is 0 Å². The Hall–Kier alpha value is -1.41. The number of sulfone groups is 1. The molecule has 8 heteroatoms. The molecule has 7 nitrogen and oxygen atoms in total. The van der Waals surface area contributed by atoms with Crippen LogP contribution in [-0.4, -0.2) is 62.7 Å². The van der Waals surface area contributed by atoms with Crippen molar-refractivity contribution in [2.45, 2.75) is 26.3 Å². The van der Waals surface area contributed by atoms with Gasteiger partial charge in [0.05, 0.1) is 18.1 Å². The third-order valence-electron chi connectivity index (χ3n) is 3.70. The van der Waals surface area contributed by atoms with Gasteiger partial charge in [0.2, 0.25) is 5.95 Å². The Kier molecular flexibility index (Phi) is 5.57. The molecule has 0 amide bonds. The van der Waals surface area contributed by atoms with Gasteiger partial charge in [-0.25, -0.2) is 13.4 Å². The van der Waals surface area contributed by atoms with Crippen molar-refractivity contribution in [3.8, 4) is 0 Å². The maximum absolute atomic E-state index is 11.7. The van der Waals surface area contributed by atoms with Gasteiger partial charge >= 0.3 is 0 Å². The first-order valence-electron chi connectivity index (χ1n) is 7.50. The molecule has 2 heterocycles. The fraction of sp³-hybridized carbons (Fsp3) is 0.714. The molecule has 124 valence electrons. The van der Waals surface area contributed by atoms with Crippen molar-refractivity contribution in [2.24, 2.45) is 0 Å². The van der Waals surface area contributed by atoms with Crippen LogP contribution >= 0.6 is 0 Å². The van der Waals surface area contributed by atoms with Crippen molar-refractivity contribution in [3.05, 3.63) is 11.8 Å². The van der Waals surface area contributed by atoms with Crippen LogP contribution in [0.5, 0.6) is 0 Å². The van der Waals surface area contributed by atoms with E-state index in [0.29, 0.717) is 32.1 Å². The molecule has 1 aliphatic heterocycles. The summed E-state index contributed by atoms with van der Waals surface area (Å²) in [5.74, 6) is 1.76. The molecule has 2 rings (SSSR count). The van der Waals surface area contributed by atoms with E-state index in [9.17, 15) is 8.42 Å². The van der Waals surface area contributed by atoms with Crippen LogP contribution in [0.15, 0.2) is 6.07 Å². The first-order chi connectivity index (χ1) is 10.4. The molecule has 0 spiro atoms. The van der Waals surface area contributed by atoms with E-state index in [1.54, 1.807) is 7.11 Å². The molecule has 1 atom stereocenters. The maximum atomic E-state index is 11.7. The summed E-state index contributed by atoms with van der Waals surface area (Å²) >= 11 is 0. The molecule has 0 bridgehead atoms. The Morgan fingerprint density at radius 3 is 2.82 bits per heavy atom. The van der Waals surface area contributed by atoms with Gasteiger partial charge in [-0.2, -0.15) is 4.98 Å². The number of nitrogens with one attached hydrogen (secondary N) is 1. The average molecular weight is 328 g/mol. The van der Waals surface area contributed by atoms with Crippen LogP contribution in [0.4, 0.5) is 11.8 Å². The van der Waals surface area contributed by atoms with Gasteiger partial charge in [-0.3, -0.25) is 0 Å². The second-order valence-electron chi connectivity index (χ2n) is 5.46. The van der Waals surface area contributed by atoms with E-state index >= 15 is 0 Å². The normalized spacial score (nSPS) is 20.0. The fourth-order valence-electron chi connectivity index (χ4n) is 2.64. The summed E-state index contributed by atoms with van der Waals surface area (Å²) in [7, 11) is -1.28. The van der Waals surface area contributed by atoms with Gasteiger partial charge in [-0.15, -0.1) is 0 Å². The molecule has 1 aromatic heterocycles. The third-order valence-corrected chi connectivity index (χ3v) is 5.45. The van der Waals surface area contributed by atoms with Crippen LogP contribution in [0.1, 0.15) is 19.0 Å². The van der Waals surface area contributed by atoms with Gasteiger partial charge in [0.1, 0.15) is 5.82 Å². The topological polar surface area (TPSA) is 84.4 Å². The number of anilines is 2. The molecule has 1 unspecified atom stereocenters. The predicted octanol–water partition coefficient (Wildman–Crippen LogP) is 0.857. The lowest BCUT2D eigenvalue weighted by Crippen LogP contribution is -2.37. The summed E-state index contributed by atoms with van der Waals surface area (Å²) in [6, 6.07) is 1.84. The number of nitrogens with zero attached hydrogens (tertiary/aromatic N) is 3. The smallest absolute Gasteiger partial charge is 0.227 e. The number of aryl methyl sites for hydroxylation is 1. The minimum absolute atomic E-state index is 0.0383. The summed E-state index contributed by atoms with van der Waals surface area (Å²) in [4.78, 5) is 11.0. The summed E-state index contributed by atoms with van der Waals surface area (Å²) in [6.07, 6.45) is 0.639. The quantitative estimate of drug-likeness (QED) is 0.743. The van der Waals surface area contributed by atoms with Crippen molar-refractivity contribution in [3.63, 3.8) is 0 Å². The van der Waals surface area contributed by atoms with Crippen LogP contribution < -0.4 is 10.2 Å². The van der Waals surface area contributed by atoms with Crippen molar-refractivity contribution in [1.29, 1.82) is 0 Å². The summed E-state index contributed by atoms with van der Waals surface area (Å²) in [5, 5.41) is 3.19. The Labute approximate surface area is 132 Å². The molecular formula is C14H24N4O3S. The summed E-state index contributed by atoms with van der Waals surface area (Å²) in [5.41, 5.74) is 0.851.